The summed E-state index contributed by atoms with van der Waals surface area (Å²) in [5, 5.41) is 2.93. The smallest absolute Gasteiger partial charge is 0.194 e. The van der Waals surface area contributed by atoms with Gasteiger partial charge in [-0.15, -0.1) is 11.3 Å². The number of hydrogen-bond donors (Lipinski definition) is 1. The van der Waals surface area contributed by atoms with Crippen LogP contribution in [-0.2, 0) is 6.42 Å². The zero-order valence-electron chi connectivity index (χ0n) is 13.9. The Kier molecular flexibility index (Phi) is 4.34. The number of hydrogen-bond acceptors (Lipinski definition) is 3. The highest BCUT2D eigenvalue weighted by Crippen LogP contribution is 2.34. The van der Waals surface area contributed by atoms with E-state index in [0.29, 0.717) is 6.54 Å². The Hall–Kier alpha value is -2.14. The molecule has 0 bridgehead atoms. The number of rotatable bonds is 4. The third-order valence-electron chi connectivity index (χ3n) is 4.34. The summed E-state index contributed by atoms with van der Waals surface area (Å²) in [6.07, 6.45) is 0.773. The lowest BCUT2D eigenvalue weighted by molar-refractivity contribution is 0.913. The van der Waals surface area contributed by atoms with Gasteiger partial charge in [-0.1, -0.05) is 48.0 Å². The summed E-state index contributed by atoms with van der Waals surface area (Å²) in [6.45, 7) is 2.60. The molecule has 0 amide bonds. The molecule has 2 N–H and O–H groups in total. The van der Waals surface area contributed by atoms with Crippen LogP contribution in [0.2, 0.25) is 5.02 Å². The minimum atomic E-state index is 0.581. The molecular weight excluding hydrogens is 350 g/mol. The second-order valence-electron chi connectivity index (χ2n) is 6.01. The minimum Gasteiger partial charge on any atom is -0.330 e. The van der Waals surface area contributed by atoms with Crippen LogP contribution in [0.3, 0.4) is 0 Å². The van der Waals surface area contributed by atoms with Gasteiger partial charge in [0.2, 0.25) is 0 Å². The van der Waals surface area contributed by atoms with E-state index in [1.165, 1.54) is 5.56 Å². The summed E-state index contributed by atoms with van der Waals surface area (Å²) in [4.78, 5) is 5.89. The monoisotopic (exact) mass is 367 g/mol. The van der Waals surface area contributed by atoms with Gasteiger partial charge >= 0.3 is 0 Å². The van der Waals surface area contributed by atoms with Gasteiger partial charge < -0.3 is 5.73 Å². The largest absolute Gasteiger partial charge is 0.330 e. The molecule has 0 atom stereocenters. The van der Waals surface area contributed by atoms with E-state index < -0.39 is 0 Å². The normalized spacial score (nSPS) is 11.3. The third-order valence-corrected chi connectivity index (χ3v) is 5.59. The topological polar surface area (TPSA) is 43.3 Å². The molecule has 4 rings (SSSR count). The van der Waals surface area contributed by atoms with Gasteiger partial charge in [0.25, 0.3) is 0 Å². The van der Waals surface area contributed by atoms with Crippen molar-refractivity contribution in [2.24, 2.45) is 5.73 Å². The van der Waals surface area contributed by atoms with Crippen molar-refractivity contribution >= 4 is 27.9 Å². The summed E-state index contributed by atoms with van der Waals surface area (Å²) in [5.41, 5.74) is 12.5. The van der Waals surface area contributed by atoms with Gasteiger partial charge in [0, 0.05) is 22.4 Å². The first-order valence-corrected chi connectivity index (χ1v) is 9.45. The van der Waals surface area contributed by atoms with Crippen LogP contribution in [0.5, 0.6) is 0 Å². The molecule has 0 aliphatic heterocycles. The lowest BCUT2D eigenvalue weighted by Gasteiger charge is -2.08. The number of aromatic nitrogens is 2. The van der Waals surface area contributed by atoms with Crippen molar-refractivity contribution in [3.63, 3.8) is 0 Å². The van der Waals surface area contributed by atoms with Crippen LogP contribution in [-0.4, -0.2) is 15.9 Å². The molecule has 5 heteroatoms. The van der Waals surface area contributed by atoms with E-state index in [1.807, 2.05) is 25.1 Å². The molecule has 2 heterocycles. The first kappa shape index (κ1) is 16.3. The summed E-state index contributed by atoms with van der Waals surface area (Å²) in [6, 6.07) is 16.5. The molecule has 0 radical (unpaired) electrons. The molecule has 3 nitrogen and oxygen atoms in total. The summed E-state index contributed by atoms with van der Waals surface area (Å²) in [7, 11) is 0. The van der Waals surface area contributed by atoms with Crippen LogP contribution < -0.4 is 5.73 Å². The highest BCUT2D eigenvalue weighted by Gasteiger charge is 2.18. The Morgan fingerprint density at radius 1 is 1.12 bits per heavy atom. The van der Waals surface area contributed by atoms with Gasteiger partial charge in [0.05, 0.1) is 17.1 Å². The lowest BCUT2D eigenvalue weighted by Crippen LogP contribution is -2.06. The number of thiazole rings is 1. The van der Waals surface area contributed by atoms with Gasteiger partial charge in [0.15, 0.2) is 4.96 Å². The molecule has 0 unspecified atom stereocenters. The molecule has 126 valence electrons. The standard InChI is InChI=1S/C20H18ClN3S/c1-13-11-15(7-8-16(13)21)19-17(9-10-22)24-18(12-25-20(24)23-19)14-5-3-2-4-6-14/h2-8,11-12H,9-10,22H2,1H3. The number of aryl methyl sites for hydroxylation is 1. The second-order valence-corrected chi connectivity index (χ2v) is 7.26. The Labute approximate surface area is 155 Å². The first-order chi connectivity index (χ1) is 12.2. The molecule has 0 aliphatic carbocycles. The molecule has 0 fully saturated rings. The van der Waals surface area contributed by atoms with Crippen LogP contribution in [0.15, 0.2) is 53.9 Å². The molecule has 2 aromatic carbocycles. The molecule has 0 saturated heterocycles. The van der Waals surface area contributed by atoms with Crippen molar-refractivity contribution in [2.45, 2.75) is 13.3 Å². The molecular formula is C20H18ClN3S. The van der Waals surface area contributed by atoms with Gasteiger partial charge in [0.1, 0.15) is 0 Å². The number of imidazole rings is 1. The Morgan fingerprint density at radius 2 is 1.92 bits per heavy atom. The van der Waals surface area contributed by atoms with Gasteiger partial charge in [-0.25, -0.2) is 4.98 Å². The Balaban J connectivity index is 1.95. The minimum absolute atomic E-state index is 0.581. The summed E-state index contributed by atoms with van der Waals surface area (Å²) >= 11 is 7.84. The molecule has 0 saturated carbocycles. The third kappa shape index (κ3) is 2.86. The van der Waals surface area contributed by atoms with E-state index in [1.54, 1.807) is 11.3 Å². The number of halogens is 1. The van der Waals surface area contributed by atoms with Crippen molar-refractivity contribution in [1.82, 2.24) is 9.38 Å². The number of nitrogens with two attached hydrogens (primary N) is 1. The van der Waals surface area contributed by atoms with E-state index in [0.717, 1.165) is 44.6 Å². The fourth-order valence-electron chi connectivity index (χ4n) is 3.12. The average molecular weight is 368 g/mol. The van der Waals surface area contributed by atoms with Crippen LogP contribution >= 0.6 is 22.9 Å². The van der Waals surface area contributed by atoms with Crippen molar-refractivity contribution in [3.8, 4) is 22.5 Å². The summed E-state index contributed by atoms with van der Waals surface area (Å²) < 4.78 is 2.24. The number of fused-ring (bicyclic) bond motifs is 1. The van der Waals surface area contributed by atoms with Crippen molar-refractivity contribution < 1.29 is 0 Å². The van der Waals surface area contributed by atoms with E-state index in [4.69, 9.17) is 22.3 Å². The lowest BCUT2D eigenvalue weighted by atomic mass is 10.1. The summed E-state index contributed by atoms with van der Waals surface area (Å²) in [5.74, 6) is 0. The molecule has 0 spiro atoms. The second kappa shape index (κ2) is 6.64. The van der Waals surface area contributed by atoms with E-state index in [-0.39, 0.29) is 0 Å². The number of benzene rings is 2. The fraction of sp³-hybridized carbons (Fsp3) is 0.150. The maximum atomic E-state index is 6.19. The Morgan fingerprint density at radius 3 is 2.64 bits per heavy atom. The molecule has 4 aromatic rings. The van der Waals surface area contributed by atoms with E-state index in [9.17, 15) is 0 Å². The maximum absolute atomic E-state index is 6.19. The molecule has 0 aliphatic rings. The molecule has 25 heavy (non-hydrogen) atoms. The predicted molar refractivity (Wildman–Crippen MR) is 106 cm³/mol. The average Bonchev–Trinajstić information content (AvgIpc) is 3.19. The first-order valence-electron chi connectivity index (χ1n) is 8.20. The van der Waals surface area contributed by atoms with Crippen LogP contribution in [0.1, 0.15) is 11.3 Å². The SMILES string of the molecule is Cc1cc(-c2nc3scc(-c4ccccc4)n3c2CCN)ccc1Cl. The zero-order valence-corrected chi connectivity index (χ0v) is 15.4. The highest BCUT2D eigenvalue weighted by atomic mass is 35.5. The van der Waals surface area contributed by atoms with Crippen LogP contribution in [0.4, 0.5) is 0 Å². The highest BCUT2D eigenvalue weighted by molar-refractivity contribution is 7.15. The molecule has 2 aromatic heterocycles. The zero-order chi connectivity index (χ0) is 17.4. The van der Waals surface area contributed by atoms with Crippen LogP contribution in [0, 0.1) is 6.92 Å². The van der Waals surface area contributed by atoms with Crippen LogP contribution in [0.25, 0.3) is 27.5 Å². The Bertz CT molecular complexity index is 1030. The van der Waals surface area contributed by atoms with E-state index in [2.05, 4.69) is 40.1 Å². The van der Waals surface area contributed by atoms with Crippen molar-refractivity contribution in [2.75, 3.05) is 6.54 Å². The maximum Gasteiger partial charge on any atom is 0.194 e. The van der Waals surface area contributed by atoms with Crippen molar-refractivity contribution in [3.05, 3.63) is 70.2 Å². The van der Waals surface area contributed by atoms with Gasteiger partial charge in [-0.2, -0.15) is 0 Å². The van der Waals surface area contributed by atoms with Gasteiger partial charge in [-0.05, 0) is 36.7 Å². The predicted octanol–water partition coefficient (Wildman–Crippen LogP) is 5.19. The quantitative estimate of drug-likeness (QED) is 0.539. The van der Waals surface area contributed by atoms with Crippen molar-refractivity contribution in [1.29, 1.82) is 0 Å². The fourth-order valence-corrected chi connectivity index (χ4v) is 4.15. The number of nitrogens with zero attached hydrogens (tertiary/aromatic N) is 2. The van der Waals surface area contributed by atoms with Gasteiger partial charge in [-0.3, -0.25) is 4.40 Å². The van der Waals surface area contributed by atoms with E-state index >= 15 is 0 Å².